The second-order valence-corrected chi connectivity index (χ2v) is 6.26. The summed E-state index contributed by atoms with van der Waals surface area (Å²) in [5.41, 5.74) is 0. The van der Waals surface area contributed by atoms with Crippen LogP contribution in [0, 0.1) is 11.8 Å². The van der Waals surface area contributed by atoms with Gasteiger partial charge in [0.1, 0.15) is 6.04 Å². The van der Waals surface area contributed by atoms with Gasteiger partial charge in [0, 0.05) is 6.61 Å². The molecule has 0 aliphatic carbocycles. The van der Waals surface area contributed by atoms with Crippen molar-refractivity contribution < 1.29 is 28.6 Å². The van der Waals surface area contributed by atoms with E-state index >= 15 is 0 Å². The van der Waals surface area contributed by atoms with Gasteiger partial charge in [0.05, 0.1) is 7.11 Å². The van der Waals surface area contributed by atoms with Crippen LogP contribution in [0.1, 0.15) is 47.5 Å². The number of carbonyl (C=O) groups excluding carboxylic acids is 3. The molecule has 0 rings (SSSR count). The lowest BCUT2D eigenvalue weighted by molar-refractivity contribution is -0.159. The molecule has 7 heteroatoms. The first-order valence-electron chi connectivity index (χ1n) is 8.38. The molecule has 0 aliphatic rings. The number of ether oxygens (including phenoxy) is 3. The topological polar surface area (TPSA) is 90.9 Å². The number of rotatable bonds is 11. The molecule has 140 valence electrons. The van der Waals surface area contributed by atoms with E-state index in [0.29, 0.717) is 18.9 Å². The second-order valence-electron chi connectivity index (χ2n) is 6.26. The summed E-state index contributed by atoms with van der Waals surface area (Å²) >= 11 is 0. The van der Waals surface area contributed by atoms with Crippen molar-refractivity contribution in [3.05, 3.63) is 0 Å². The zero-order valence-corrected chi connectivity index (χ0v) is 15.6. The fraction of sp³-hybridized carbons (Fsp3) is 0.824. The van der Waals surface area contributed by atoms with Gasteiger partial charge in [-0.15, -0.1) is 0 Å². The maximum atomic E-state index is 11.9. The lowest BCUT2D eigenvalue weighted by Crippen LogP contribution is -2.47. The minimum Gasteiger partial charge on any atom is -0.467 e. The van der Waals surface area contributed by atoms with Gasteiger partial charge in [-0.25, -0.2) is 9.59 Å². The van der Waals surface area contributed by atoms with E-state index < -0.39 is 36.6 Å². The van der Waals surface area contributed by atoms with E-state index in [-0.39, 0.29) is 5.92 Å². The Bertz CT molecular complexity index is 410. The Hall–Kier alpha value is -1.63. The van der Waals surface area contributed by atoms with E-state index in [1.807, 2.05) is 13.8 Å². The molecule has 0 aromatic heterocycles. The van der Waals surface area contributed by atoms with Crippen LogP contribution in [0.5, 0.6) is 0 Å². The standard InChI is InChI=1S/C17H31NO6/c1-7-12(4)15(17(21)22-6)18-14(19)10-24-16(20)13(5)23-9-8-11(2)3/h11-13,15H,7-10H2,1-6H3,(H,18,19). The molecule has 3 unspecified atom stereocenters. The van der Waals surface area contributed by atoms with Crippen molar-refractivity contribution in [1.82, 2.24) is 5.32 Å². The molecule has 24 heavy (non-hydrogen) atoms. The van der Waals surface area contributed by atoms with E-state index in [1.165, 1.54) is 7.11 Å². The summed E-state index contributed by atoms with van der Waals surface area (Å²) in [5.74, 6) is -1.28. The molecular weight excluding hydrogens is 314 g/mol. The molecule has 0 radical (unpaired) electrons. The van der Waals surface area contributed by atoms with Gasteiger partial charge in [0.25, 0.3) is 5.91 Å². The average Bonchev–Trinajstić information content (AvgIpc) is 2.55. The van der Waals surface area contributed by atoms with Gasteiger partial charge in [-0.05, 0) is 25.2 Å². The SMILES string of the molecule is CCC(C)C(NC(=O)COC(=O)C(C)OCCC(C)C)C(=O)OC. The normalized spacial score (nSPS) is 14.6. The summed E-state index contributed by atoms with van der Waals surface area (Å²) in [5, 5.41) is 2.54. The maximum Gasteiger partial charge on any atom is 0.335 e. The van der Waals surface area contributed by atoms with Gasteiger partial charge in [-0.1, -0.05) is 34.1 Å². The molecule has 0 aromatic carbocycles. The first kappa shape index (κ1) is 22.4. The van der Waals surface area contributed by atoms with Crippen molar-refractivity contribution in [1.29, 1.82) is 0 Å². The van der Waals surface area contributed by atoms with E-state index in [0.717, 1.165) is 6.42 Å². The predicted octanol–water partition coefficient (Wildman–Crippen LogP) is 1.68. The van der Waals surface area contributed by atoms with Crippen LogP contribution in [0.4, 0.5) is 0 Å². The fourth-order valence-corrected chi connectivity index (χ4v) is 1.81. The number of amides is 1. The zero-order chi connectivity index (χ0) is 18.7. The largest absolute Gasteiger partial charge is 0.467 e. The van der Waals surface area contributed by atoms with Crippen molar-refractivity contribution >= 4 is 17.8 Å². The predicted molar refractivity (Wildman–Crippen MR) is 89.2 cm³/mol. The number of carbonyl (C=O) groups is 3. The summed E-state index contributed by atoms with van der Waals surface area (Å²) in [6.07, 6.45) is 0.802. The van der Waals surface area contributed by atoms with Crippen LogP contribution in [0.3, 0.4) is 0 Å². The molecule has 0 spiro atoms. The van der Waals surface area contributed by atoms with Crippen LogP contribution >= 0.6 is 0 Å². The lowest BCUT2D eigenvalue weighted by atomic mass is 9.99. The summed E-state index contributed by atoms with van der Waals surface area (Å²) in [4.78, 5) is 35.4. The van der Waals surface area contributed by atoms with Crippen molar-refractivity contribution in [3.8, 4) is 0 Å². The van der Waals surface area contributed by atoms with E-state index in [1.54, 1.807) is 6.92 Å². The van der Waals surface area contributed by atoms with Crippen LogP contribution in [-0.2, 0) is 28.6 Å². The molecule has 0 bridgehead atoms. The van der Waals surface area contributed by atoms with Gasteiger partial charge < -0.3 is 19.5 Å². The number of hydrogen-bond acceptors (Lipinski definition) is 6. The van der Waals surface area contributed by atoms with Crippen LogP contribution in [0.2, 0.25) is 0 Å². The minimum absolute atomic E-state index is 0.0876. The second kappa shape index (κ2) is 11.8. The molecule has 7 nitrogen and oxygen atoms in total. The molecule has 0 fully saturated rings. The summed E-state index contributed by atoms with van der Waals surface area (Å²) in [6.45, 7) is 9.44. The van der Waals surface area contributed by atoms with Crippen molar-refractivity contribution in [2.45, 2.75) is 59.6 Å². The highest BCUT2D eigenvalue weighted by Crippen LogP contribution is 2.09. The molecule has 0 aliphatic heterocycles. The van der Waals surface area contributed by atoms with E-state index in [2.05, 4.69) is 23.9 Å². The minimum atomic E-state index is -0.758. The van der Waals surface area contributed by atoms with E-state index in [4.69, 9.17) is 9.47 Å². The molecular formula is C17H31NO6. The van der Waals surface area contributed by atoms with Crippen LogP contribution < -0.4 is 5.32 Å². The van der Waals surface area contributed by atoms with Gasteiger partial charge >= 0.3 is 11.9 Å². The van der Waals surface area contributed by atoms with Gasteiger partial charge in [-0.3, -0.25) is 4.79 Å². The number of methoxy groups -OCH3 is 1. The first-order valence-corrected chi connectivity index (χ1v) is 8.38. The quantitative estimate of drug-likeness (QED) is 0.573. The van der Waals surface area contributed by atoms with Crippen molar-refractivity contribution in [2.75, 3.05) is 20.3 Å². The Morgan fingerprint density at radius 3 is 2.17 bits per heavy atom. The highest BCUT2D eigenvalue weighted by atomic mass is 16.6. The Morgan fingerprint density at radius 2 is 1.67 bits per heavy atom. The first-order chi connectivity index (χ1) is 11.2. The highest BCUT2D eigenvalue weighted by Gasteiger charge is 2.27. The maximum absolute atomic E-state index is 11.9. The third kappa shape index (κ3) is 8.86. The molecule has 1 N–H and O–H groups in total. The van der Waals surface area contributed by atoms with Crippen LogP contribution in [0.25, 0.3) is 0 Å². The monoisotopic (exact) mass is 345 g/mol. The van der Waals surface area contributed by atoms with Crippen molar-refractivity contribution in [3.63, 3.8) is 0 Å². The fourth-order valence-electron chi connectivity index (χ4n) is 1.81. The Morgan fingerprint density at radius 1 is 1.04 bits per heavy atom. The zero-order valence-electron chi connectivity index (χ0n) is 15.6. The van der Waals surface area contributed by atoms with Crippen LogP contribution in [-0.4, -0.2) is 50.3 Å². The third-order valence-corrected chi connectivity index (χ3v) is 3.73. The lowest BCUT2D eigenvalue weighted by Gasteiger charge is -2.22. The van der Waals surface area contributed by atoms with Gasteiger partial charge in [0.15, 0.2) is 12.7 Å². The molecule has 0 saturated heterocycles. The number of nitrogens with one attached hydrogen (secondary N) is 1. The average molecular weight is 345 g/mol. The number of hydrogen-bond donors (Lipinski definition) is 1. The van der Waals surface area contributed by atoms with E-state index in [9.17, 15) is 14.4 Å². The smallest absolute Gasteiger partial charge is 0.335 e. The third-order valence-electron chi connectivity index (χ3n) is 3.73. The highest BCUT2D eigenvalue weighted by molar-refractivity contribution is 5.86. The van der Waals surface area contributed by atoms with Crippen molar-refractivity contribution in [2.24, 2.45) is 11.8 Å². The summed E-state index contributed by atoms with van der Waals surface area (Å²) in [6, 6.07) is -0.758. The molecule has 0 heterocycles. The Balaban J connectivity index is 4.30. The summed E-state index contributed by atoms with van der Waals surface area (Å²) in [7, 11) is 1.26. The summed E-state index contributed by atoms with van der Waals surface area (Å²) < 4.78 is 15.0. The van der Waals surface area contributed by atoms with Gasteiger partial charge in [0.2, 0.25) is 0 Å². The van der Waals surface area contributed by atoms with Crippen LogP contribution in [0.15, 0.2) is 0 Å². The number of esters is 2. The molecule has 0 saturated carbocycles. The molecule has 1 amide bonds. The molecule has 0 aromatic rings. The Kier molecular flexibility index (Phi) is 11.0. The Labute approximate surface area is 144 Å². The molecule has 3 atom stereocenters. The van der Waals surface area contributed by atoms with Gasteiger partial charge in [-0.2, -0.15) is 0 Å².